The molecule has 1 aliphatic heterocycles. The van der Waals surface area contributed by atoms with E-state index in [2.05, 4.69) is 22.9 Å². The van der Waals surface area contributed by atoms with E-state index in [0.29, 0.717) is 6.79 Å². The van der Waals surface area contributed by atoms with Crippen molar-refractivity contribution in [1.29, 1.82) is 0 Å². The van der Waals surface area contributed by atoms with Crippen molar-refractivity contribution in [3.8, 4) is 11.5 Å². The standard InChI is InChI=1S/C13H17BrO3/c1-8(2)17-13(9(3)14)10-4-5-11-12(6-10)16-7-15-11/h4-6,8-9,13H,7H2,1-3H3/t9-,13+/m1/s1. The molecular formula is C13H17BrO3. The quantitative estimate of drug-likeness (QED) is 0.794. The molecule has 1 aromatic carbocycles. The van der Waals surface area contributed by atoms with Gasteiger partial charge in [0.2, 0.25) is 6.79 Å². The summed E-state index contributed by atoms with van der Waals surface area (Å²) < 4.78 is 16.6. The van der Waals surface area contributed by atoms with Crippen molar-refractivity contribution in [2.24, 2.45) is 0 Å². The number of ether oxygens (including phenoxy) is 3. The van der Waals surface area contributed by atoms with Crippen LogP contribution in [0.1, 0.15) is 32.4 Å². The largest absolute Gasteiger partial charge is 0.454 e. The van der Waals surface area contributed by atoms with E-state index < -0.39 is 0 Å². The fourth-order valence-electron chi connectivity index (χ4n) is 1.84. The maximum absolute atomic E-state index is 5.91. The molecule has 0 bridgehead atoms. The molecule has 1 aliphatic rings. The van der Waals surface area contributed by atoms with Crippen molar-refractivity contribution in [2.75, 3.05) is 6.79 Å². The molecule has 0 saturated carbocycles. The fraction of sp³-hybridized carbons (Fsp3) is 0.538. The van der Waals surface area contributed by atoms with Crippen molar-refractivity contribution in [1.82, 2.24) is 0 Å². The van der Waals surface area contributed by atoms with Gasteiger partial charge in [-0.2, -0.15) is 0 Å². The number of rotatable bonds is 4. The third-order valence-corrected chi connectivity index (χ3v) is 3.04. The summed E-state index contributed by atoms with van der Waals surface area (Å²) >= 11 is 3.59. The van der Waals surface area contributed by atoms with Gasteiger partial charge in [0, 0.05) is 4.83 Å². The zero-order valence-corrected chi connectivity index (χ0v) is 11.9. The lowest BCUT2D eigenvalue weighted by Gasteiger charge is -2.23. The third kappa shape index (κ3) is 2.93. The summed E-state index contributed by atoms with van der Waals surface area (Å²) in [5.41, 5.74) is 1.10. The maximum Gasteiger partial charge on any atom is 0.231 e. The number of hydrogen-bond donors (Lipinski definition) is 0. The first-order chi connectivity index (χ1) is 8.08. The van der Waals surface area contributed by atoms with Crippen LogP contribution in [0.4, 0.5) is 0 Å². The summed E-state index contributed by atoms with van der Waals surface area (Å²) in [7, 11) is 0. The molecule has 1 heterocycles. The van der Waals surface area contributed by atoms with Gasteiger partial charge in [-0.1, -0.05) is 22.0 Å². The summed E-state index contributed by atoms with van der Waals surface area (Å²) in [6.45, 7) is 6.46. The lowest BCUT2D eigenvalue weighted by atomic mass is 10.1. The first kappa shape index (κ1) is 12.7. The Labute approximate surface area is 110 Å². The van der Waals surface area contributed by atoms with Gasteiger partial charge in [0.05, 0.1) is 12.2 Å². The number of hydrogen-bond acceptors (Lipinski definition) is 3. The first-order valence-electron chi connectivity index (χ1n) is 5.77. The minimum absolute atomic E-state index is 0.0181. The second-order valence-corrected chi connectivity index (χ2v) is 5.84. The number of halogens is 1. The average Bonchev–Trinajstić information content (AvgIpc) is 2.72. The van der Waals surface area contributed by atoms with Gasteiger partial charge in [-0.05, 0) is 38.5 Å². The molecule has 94 valence electrons. The Bertz CT molecular complexity index is 390. The molecule has 2 rings (SSSR count). The summed E-state index contributed by atoms with van der Waals surface area (Å²) in [5, 5.41) is 0. The molecule has 0 radical (unpaired) electrons. The lowest BCUT2D eigenvalue weighted by molar-refractivity contribution is 0.00875. The van der Waals surface area contributed by atoms with Crippen molar-refractivity contribution in [3.63, 3.8) is 0 Å². The normalized spacial score (nSPS) is 17.2. The van der Waals surface area contributed by atoms with Gasteiger partial charge in [-0.25, -0.2) is 0 Å². The van der Waals surface area contributed by atoms with E-state index in [1.807, 2.05) is 32.0 Å². The predicted octanol–water partition coefficient (Wildman–Crippen LogP) is 3.66. The van der Waals surface area contributed by atoms with E-state index in [9.17, 15) is 0 Å². The molecule has 0 aliphatic carbocycles. The van der Waals surface area contributed by atoms with Crippen molar-refractivity contribution >= 4 is 15.9 Å². The second kappa shape index (κ2) is 5.27. The van der Waals surface area contributed by atoms with E-state index in [4.69, 9.17) is 14.2 Å². The summed E-state index contributed by atoms with van der Waals surface area (Å²) in [6, 6.07) is 5.95. The van der Waals surface area contributed by atoms with Gasteiger partial charge in [-0.3, -0.25) is 0 Å². The highest BCUT2D eigenvalue weighted by Gasteiger charge is 2.22. The van der Waals surface area contributed by atoms with Crippen LogP contribution >= 0.6 is 15.9 Å². The van der Waals surface area contributed by atoms with Crippen LogP contribution in [0.25, 0.3) is 0 Å². The smallest absolute Gasteiger partial charge is 0.231 e. The highest BCUT2D eigenvalue weighted by atomic mass is 79.9. The second-order valence-electron chi connectivity index (χ2n) is 4.40. The molecule has 0 spiro atoms. The molecule has 2 atom stereocenters. The highest BCUT2D eigenvalue weighted by Crippen LogP contribution is 2.37. The summed E-state index contributed by atoms with van der Waals surface area (Å²) in [4.78, 5) is 0.241. The Morgan fingerprint density at radius 3 is 2.53 bits per heavy atom. The van der Waals surface area contributed by atoms with Gasteiger partial charge >= 0.3 is 0 Å². The van der Waals surface area contributed by atoms with Crippen LogP contribution in [0.3, 0.4) is 0 Å². The Morgan fingerprint density at radius 1 is 1.18 bits per heavy atom. The van der Waals surface area contributed by atoms with Crippen molar-refractivity contribution in [2.45, 2.75) is 37.8 Å². The Hall–Kier alpha value is -0.740. The van der Waals surface area contributed by atoms with Gasteiger partial charge in [0.25, 0.3) is 0 Å². The first-order valence-corrected chi connectivity index (χ1v) is 6.68. The minimum atomic E-state index is 0.0181. The van der Waals surface area contributed by atoms with Crippen molar-refractivity contribution in [3.05, 3.63) is 23.8 Å². The topological polar surface area (TPSA) is 27.7 Å². The van der Waals surface area contributed by atoms with Gasteiger partial charge < -0.3 is 14.2 Å². The highest BCUT2D eigenvalue weighted by molar-refractivity contribution is 9.09. The summed E-state index contributed by atoms with van der Waals surface area (Å²) in [6.07, 6.45) is 0.204. The van der Waals surface area contributed by atoms with Crippen LogP contribution in [0, 0.1) is 0 Å². The van der Waals surface area contributed by atoms with E-state index in [0.717, 1.165) is 17.1 Å². The molecule has 4 heteroatoms. The number of benzene rings is 1. The Kier molecular flexibility index (Phi) is 3.94. The van der Waals surface area contributed by atoms with Gasteiger partial charge in [0.1, 0.15) is 0 Å². The van der Waals surface area contributed by atoms with Crippen LogP contribution in [-0.2, 0) is 4.74 Å². The fourth-order valence-corrected chi connectivity index (χ4v) is 2.27. The molecule has 0 aromatic heterocycles. The monoisotopic (exact) mass is 300 g/mol. The lowest BCUT2D eigenvalue weighted by Crippen LogP contribution is -2.17. The molecule has 1 aromatic rings. The molecule has 0 fully saturated rings. The zero-order valence-electron chi connectivity index (χ0n) is 10.3. The molecule has 0 amide bonds. The van der Waals surface area contributed by atoms with E-state index in [1.165, 1.54) is 0 Å². The van der Waals surface area contributed by atoms with Crippen LogP contribution in [-0.4, -0.2) is 17.7 Å². The van der Waals surface area contributed by atoms with Crippen molar-refractivity contribution < 1.29 is 14.2 Å². The zero-order chi connectivity index (χ0) is 12.4. The van der Waals surface area contributed by atoms with Crippen LogP contribution < -0.4 is 9.47 Å². The number of fused-ring (bicyclic) bond motifs is 1. The molecular weight excluding hydrogens is 284 g/mol. The van der Waals surface area contributed by atoms with Crippen LogP contribution in [0.5, 0.6) is 11.5 Å². The van der Waals surface area contributed by atoms with E-state index in [1.54, 1.807) is 0 Å². The third-order valence-electron chi connectivity index (χ3n) is 2.56. The summed E-state index contributed by atoms with van der Waals surface area (Å²) in [5.74, 6) is 1.60. The Morgan fingerprint density at radius 2 is 1.88 bits per heavy atom. The molecule has 0 saturated heterocycles. The maximum atomic E-state index is 5.91. The van der Waals surface area contributed by atoms with Gasteiger partial charge in [-0.15, -0.1) is 0 Å². The van der Waals surface area contributed by atoms with Crippen LogP contribution in [0.15, 0.2) is 18.2 Å². The molecule has 0 unspecified atom stereocenters. The van der Waals surface area contributed by atoms with Crippen LogP contribution in [0.2, 0.25) is 0 Å². The SMILES string of the molecule is CC(C)O[C@H](c1ccc2c(c1)OCO2)[C@@H](C)Br. The Balaban J connectivity index is 2.24. The minimum Gasteiger partial charge on any atom is -0.454 e. The molecule has 0 N–H and O–H groups in total. The number of alkyl halides is 1. The van der Waals surface area contributed by atoms with E-state index in [-0.39, 0.29) is 17.0 Å². The molecule has 3 nitrogen and oxygen atoms in total. The predicted molar refractivity (Wildman–Crippen MR) is 69.9 cm³/mol. The average molecular weight is 301 g/mol. The van der Waals surface area contributed by atoms with E-state index >= 15 is 0 Å². The van der Waals surface area contributed by atoms with Gasteiger partial charge in [0.15, 0.2) is 11.5 Å². The molecule has 17 heavy (non-hydrogen) atoms.